The van der Waals surface area contributed by atoms with E-state index in [9.17, 15) is 13.2 Å². The Kier molecular flexibility index (Phi) is 6.68. The number of anilines is 1. The summed E-state index contributed by atoms with van der Waals surface area (Å²) in [5.74, 6) is 0.961. The summed E-state index contributed by atoms with van der Waals surface area (Å²) < 4.78 is 39.3. The van der Waals surface area contributed by atoms with Crippen molar-refractivity contribution in [3.05, 3.63) is 82.6 Å². The smallest absolute Gasteiger partial charge is 0.351 e. The number of halogens is 3. The third-order valence-electron chi connectivity index (χ3n) is 7.51. The van der Waals surface area contributed by atoms with E-state index >= 15 is 0 Å². The molecule has 0 bridgehead atoms. The van der Waals surface area contributed by atoms with E-state index in [1.807, 2.05) is 6.07 Å². The van der Waals surface area contributed by atoms with Crippen LogP contribution in [0.2, 0.25) is 0 Å². The third-order valence-corrected chi connectivity index (χ3v) is 7.51. The summed E-state index contributed by atoms with van der Waals surface area (Å²) in [5, 5.41) is 5.62. The lowest BCUT2D eigenvalue weighted by atomic mass is 10.00. The molecule has 0 saturated carbocycles. The number of hydrogen-bond donors (Lipinski definition) is 1. The van der Waals surface area contributed by atoms with Crippen LogP contribution in [-0.2, 0) is 12.7 Å². The van der Waals surface area contributed by atoms with Crippen molar-refractivity contribution < 1.29 is 13.2 Å². The predicted molar refractivity (Wildman–Crippen MR) is 139 cm³/mol. The van der Waals surface area contributed by atoms with Crippen molar-refractivity contribution in [3.63, 3.8) is 0 Å². The Morgan fingerprint density at radius 1 is 1.11 bits per heavy atom. The lowest BCUT2D eigenvalue weighted by Crippen LogP contribution is -2.46. The standard InChI is InChI=1S/C29H33F3N4/c1-4-7-19(2)27(34-28-24-11-10-22(16-25(24)28)29(30,31)32)18-35-14-12-23(13-15-35)36-17-21-8-5-6-9-26(21)33-20(36)3/h5-6,8-11,16,23,33H,3-4,7,12-15,17-18H2,1-2H3/b27-19+,34-28?. The molecule has 1 N–H and O–H groups in total. The molecular weight excluding hydrogens is 461 g/mol. The summed E-state index contributed by atoms with van der Waals surface area (Å²) in [6.45, 7) is 12.0. The van der Waals surface area contributed by atoms with Crippen LogP contribution in [0.25, 0.3) is 10.8 Å². The molecule has 0 radical (unpaired) electrons. The van der Waals surface area contributed by atoms with Crippen LogP contribution >= 0.6 is 0 Å². The highest BCUT2D eigenvalue weighted by Crippen LogP contribution is 2.33. The molecule has 0 unspecified atom stereocenters. The highest BCUT2D eigenvalue weighted by Gasteiger charge is 2.32. The molecule has 190 valence electrons. The molecule has 1 saturated heterocycles. The van der Waals surface area contributed by atoms with Crippen LogP contribution in [0.3, 0.4) is 0 Å². The van der Waals surface area contributed by atoms with Gasteiger partial charge in [0.1, 0.15) is 0 Å². The molecular formula is C29H33F3N4. The first-order valence-corrected chi connectivity index (χ1v) is 12.8. The number of likely N-dealkylation sites (tertiary alicyclic amines) is 1. The highest BCUT2D eigenvalue weighted by molar-refractivity contribution is 5.97. The van der Waals surface area contributed by atoms with E-state index in [-0.39, 0.29) is 0 Å². The first-order chi connectivity index (χ1) is 17.2. The van der Waals surface area contributed by atoms with E-state index in [0.29, 0.717) is 16.8 Å². The van der Waals surface area contributed by atoms with Gasteiger partial charge in [-0.05, 0) is 49.9 Å². The van der Waals surface area contributed by atoms with Gasteiger partial charge in [0.05, 0.1) is 22.4 Å². The van der Waals surface area contributed by atoms with Crippen LogP contribution in [0.5, 0.6) is 0 Å². The lowest BCUT2D eigenvalue weighted by molar-refractivity contribution is -0.137. The van der Waals surface area contributed by atoms with E-state index in [2.05, 4.69) is 53.7 Å². The molecule has 0 aliphatic carbocycles. The third kappa shape index (κ3) is 5.07. The maximum atomic E-state index is 13.1. The van der Waals surface area contributed by atoms with Crippen molar-refractivity contribution in [3.8, 4) is 0 Å². The van der Waals surface area contributed by atoms with Crippen molar-refractivity contribution in [2.45, 2.75) is 58.3 Å². The van der Waals surface area contributed by atoms with Gasteiger partial charge in [0.15, 0.2) is 0 Å². The molecule has 2 aliphatic heterocycles. The van der Waals surface area contributed by atoms with Gasteiger partial charge in [0.2, 0.25) is 0 Å². The number of alkyl halides is 3. The fraction of sp³-hybridized carbons (Fsp3) is 0.414. The van der Waals surface area contributed by atoms with Crippen LogP contribution in [-0.4, -0.2) is 35.5 Å². The highest BCUT2D eigenvalue weighted by atomic mass is 19.4. The molecule has 2 heterocycles. The van der Waals surface area contributed by atoms with Gasteiger partial charge in [-0.25, -0.2) is 0 Å². The molecule has 3 aromatic rings. The van der Waals surface area contributed by atoms with E-state index in [1.54, 1.807) is 6.07 Å². The molecule has 5 rings (SSSR count). The minimum atomic E-state index is -4.33. The minimum Gasteiger partial charge on any atom is -0.351 e. The van der Waals surface area contributed by atoms with Gasteiger partial charge in [-0.1, -0.05) is 49.8 Å². The molecule has 0 amide bonds. The molecule has 0 atom stereocenters. The maximum Gasteiger partial charge on any atom is 0.416 e. The van der Waals surface area contributed by atoms with E-state index in [4.69, 9.17) is 4.99 Å². The van der Waals surface area contributed by atoms with E-state index < -0.39 is 11.7 Å². The van der Waals surface area contributed by atoms with Crippen molar-refractivity contribution in [2.75, 3.05) is 25.0 Å². The first kappa shape index (κ1) is 24.6. The quantitative estimate of drug-likeness (QED) is 0.420. The van der Waals surface area contributed by atoms with Crippen LogP contribution in [0, 0.1) is 0 Å². The van der Waals surface area contributed by atoms with Crippen LogP contribution in [0.15, 0.2) is 71.1 Å². The fourth-order valence-corrected chi connectivity index (χ4v) is 5.35. The number of piperidine rings is 1. The zero-order valence-electron chi connectivity index (χ0n) is 21.0. The number of hydrogen-bond acceptors (Lipinski definition) is 4. The van der Waals surface area contributed by atoms with Gasteiger partial charge >= 0.3 is 6.18 Å². The number of nitrogens with one attached hydrogen (secondary N) is 1. The van der Waals surface area contributed by atoms with Crippen molar-refractivity contribution >= 4 is 16.5 Å². The topological polar surface area (TPSA) is 30.9 Å². The van der Waals surface area contributed by atoms with Gasteiger partial charge in [-0.3, -0.25) is 9.89 Å². The number of allylic oxidation sites excluding steroid dienone is 1. The molecule has 2 aliphatic rings. The predicted octanol–water partition coefficient (Wildman–Crippen LogP) is 6.57. The van der Waals surface area contributed by atoms with Gasteiger partial charge in [-0.15, -0.1) is 0 Å². The van der Waals surface area contributed by atoms with E-state index in [0.717, 1.165) is 80.5 Å². The molecule has 0 aromatic heterocycles. The van der Waals surface area contributed by atoms with Crippen LogP contribution in [0.4, 0.5) is 18.9 Å². The maximum absolute atomic E-state index is 13.1. The van der Waals surface area contributed by atoms with Crippen LogP contribution in [0.1, 0.15) is 50.7 Å². The Balaban J connectivity index is 1.28. The molecule has 1 fully saturated rings. The van der Waals surface area contributed by atoms with Crippen molar-refractivity contribution in [1.29, 1.82) is 0 Å². The minimum absolute atomic E-state index is 0.429. The number of para-hydroxylation sites is 1. The summed E-state index contributed by atoms with van der Waals surface area (Å²) >= 11 is 0. The zero-order chi connectivity index (χ0) is 25.4. The summed E-state index contributed by atoms with van der Waals surface area (Å²) in [6, 6.07) is 12.7. The largest absolute Gasteiger partial charge is 0.416 e. The van der Waals surface area contributed by atoms with Crippen LogP contribution < -0.4 is 10.7 Å². The average molecular weight is 495 g/mol. The Morgan fingerprint density at radius 3 is 2.58 bits per heavy atom. The second-order valence-corrected chi connectivity index (χ2v) is 10.1. The monoisotopic (exact) mass is 494 g/mol. The fourth-order valence-electron chi connectivity index (χ4n) is 5.35. The number of nitrogens with zero attached hydrogens (tertiary/aromatic N) is 3. The average Bonchev–Trinajstić information content (AvgIpc) is 3.55. The molecule has 3 aromatic carbocycles. The lowest BCUT2D eigenvalue weighted by Gasteiger charge is -2.43. The molecule has 36 heavy (non-hydrogen) atoms. The number of rotatable bonds is 6. The van der Waals surface area contributed by atoms with E-state index in [1.165, 1.54) is 17.2 Å². The molecule has 0 spiro atoms. The second-order valence-electron chi connectivity index (χ2n) is 10.1. The number of benzene rings is 2. The summed E-state index contributed by atoms with van der Waals surface area (Å²) in [4.78, 5) is 9.71. The van der Waals surface area contributed by atoms with Crippen molar-refractivity contribution in [1.82, 2.24) is 9.80 Å². The normalized spacial score (nSPS) is 19.1. The molecule has 7 heteroatoms. The van der Waals surface area contributed by atoms with Gasteiger partial charge in [-0.2, -0.15) is 13.2 Å². The second kappa shape index (κ2) is 9.77. The Bertz CT molecular complexity index is 1320. The molecule has 4 nitrogen and oxygen atoms in total. The van der Waals surface area contributed by atoms with Crippen molar-refractivity contribution in [2.24, 2.45) is 4.99 Å². The summed E-state index contributed by atoms with van der Waals surface area (Å²) in [6.07, 6.45) is -0.311. The Hall–Kier alpha value is -3.06. The Morgan fingerprint density at radius 2 is 1.86 bits per heavy atom. The SMILES string of the molecule is C=C1Nc2ccccc2CN1C1CCN(C/C(N=c2c3ccc(C(F)(F)F)cc23)=C(/C)CCC)CC1. The summed E-state index contributed by atoms with van der Waals surface area (Å²) in [5.41, 5.74) is 4.03. The first-order valence-electron chi connectivity index (χ1n) is 12.8. The Labute approximate surface area is 210 Å². The summed E-state index contributed by atoms with van der Waals surface area (Å²) in [7, 11) is 0. The number of fused-ring (bicyclic) bond motifs is 2. The zero-order valence-corrected chi connectivity index (χ0v) is 21.0. The van der Waals surface area contributed by atoms with Gasteiger partial charge < -0.3 is 10.2 Å². The van der Waals surface area contributed by atoms with Gasteiger partial charge in [0, 0.05) is 48.7 Å². The van der Waals surface area contributed by atoms with Gasteiger partial charge in [0.25, 0.3) is 0 Å².